The van der Waals surface area contributed by atoms with Crippen LogP contribution in [0, 0.1) is 42.0 Å². The first-order valence-electron chi connectivity index (χ1n) is 27.6. The van der Waals surface area contributed by atoms with E-state index in [4.69, 9.17) is 9.53 Å². The molecule has 11 rings (SSSR count). The molecule has 6 unspecified atom stereocenters. The van der Waals surface area contributed by atoms with E-state index in [2.05, 4.69) is 36.8 Å². The van der Waals surface area contributed by atoms with Gasteiger partial charge in [-0.15, -0.1) is 0 Å². The average molecular weight is 1190 g/mol. The number of nitrogens with two attached hydrogens (primary N) is 1. The van der Waals surface area contributed by atoms with Crippen LogP contribution >= 0.6 is 0 Å². The lowest BCUT2D eigenvalue weighted by molar-refractivity contribution is -0.125. The Balaban J connectivity index is 0.000000198. The highest BCUT2D eigenvalue weighted by molar-refractivity contribution is 5.94. The topological polar surface area (TPSA) is 183 Å². The second-order valence-corrected chi connectivity index (χ2v) is 21.6. The summed E-state index contributed by atoms with van der Waals surface area (Å²) in [7, 11) is 1.77. The van der Waals surface area contributed by atoms with E-state index in [1.807, 2.05) is 81.4 Å². The summed E-state index contributed by atoms with van der Waals surface area (Å²) >= 11 is 0. The number of aldehydes is 1. The molecule has 6 atom stereocenters. The van der Waals surface area contributed by atoms with Crippen molar-refractivity contribution in [2.24, 2.45) is 17.6 Å². The van der Waals surface area contributed by atoms with Gasteiger partial charge in [0, 0.05) is 59.9 Å². The van der Waals surface area contributed by atoms with Crippen molar-refractivity contribution in [1.82, 2.24) is 30.4 Å². The fourth-order valence-corrected chi connectivity index (χ4v) is 11.5. The Bertz CT molecular complexity index is 3750. The van der Waals surface area contributed by atoms with Crippen molar-refractivity contribution in [3.05, 3.63) is 220 Å². The second-order valence-electron chi connectivity index (χ2n) is 21.6. The second kappa shape index (κ2) is 25.9. The van der Waals surface area contributed by atoms with E-state index in [1.165, 1.54) is 18.3 Å². The van der Waals surface area contributed by atoms with Crippen molar-refractivity contribution in [3.63, 3.8) is 0 Å². The van der Waals surface area contributed by atoms with Gasteiger partial charge in [-0.3, -0.25) is 29.0 Å². The molecule has 446 valence electrons. The maximum Gasteiger partial charge on any atom is 0.293 e. The lowest BCUT2D eigenvalue weighted by Gasteiger charge is -2.23. The highest BCUT2D eigenvalue weighted by Crippen LogP contribution is 2.68. The number of carbonyl (C=O) groups is 4. The molecular weight excluding hydrogens is 1120 g/mol. The van der Waals surface area contributed by atoms with Gasteiger partial charge in [0.15, 0.2) is 0 Å². The maximum absolute atomic E-state index is 15.1. The van der Waals surface area contributed by atoms with Gasteiger partial charge < -0.3 is 31.2 Å². The Labute approximate surface area is 490 Å². The van der Waals surface area contributed by atoms with Crippen LogP contribution in [0.5, 0.6) is 5.75 Å². The van der Waals surface area contributed by atoms with E-state index in [0.29, 0.717) is 51.0 Å². The predicted octanol–water partition coefficient (Wildman–Crippen LogP) is 12.3. The third kappa shape index (κ3) is 13.5. The van der Waals surface area contributed by atoms with E-state index < -0.39 is 94.7 Å². The monoisotopic (exact) mass is 1180 g/mol. The number of carbonyl (C=O) groups excluding carboxylic acids is 4. The van der Waals surface area contributed by atoms with Gasteiger partial charge in [0.2, 0.25) is 18.2 Å². The SMILES string of the molecule is CC(C)Oc1ccc(-c2cccnc2C(Cc2cc(F)cc(F)c2)NC(=O)Cn2nc(C(F)F)c3c2C(F)(F)C2CC32)cc1.CNc1ccccc1C1(C=O)CC1C(=O)NC(Cc1cc(F)cc(F)c1)c1ncccc1-c1cccc(C)c1.NC=O. The molecule has 3 amide bonds. The molecule has 0 saturated heterocycles. The molecule has 0 aliphatic heterocycles. The van der Waals surface area contributed by atoms with Crippen LogP contribution in [0.25, 0.3) is 22.3 Å². The molecule has 0 radical (unpaired) electrons. The minimum atomic E-state index is -3.39. The van der Waals surface area contributed by atoms with Gasteiger partial charge in [0.25, 0.3) is 12.3 Å². The summed E-state index contributed by atoms with van der Waals surface area (Å²) in [5.74, 6) is -9.27. The van der Waals surface area contributed by atoms with Crippen LogP contribution in [0.2, 0.25) is 0 Å². The normalized spacial score (nSPS) is 18.2. The highest BCUT2D eigenvalue weighted by atomic mass is 19.3. The number of ether oxygens (including phenoxy) is 1. The number of halogens is 8. The summed E-state index contributed by atoms with van der Waals surface area (Å²) in [5.41, 5.74) is 8.81. The molecule has 13 nitrogen and oxygen atoms in total. The van der Waals surface area contributed by atoms with Gasteiger partial charge in [-0.1, -0.05) is 72.3 Å². The molecule has 3 heterocycles. The summed E-state index contributed by atoms with van der Waals surface area (Å²) in [4.78, 5) is 57.1. The smallest absolute Gasteiger partial charge is 0.293 e. The van der Waals surface area contributed by atoms with Crippen molar-refractivity contribution in [2.45, 2.75) is 94.9 Å². The Morgan fingerprint density at radius 3 is 1.85 bits per heavy atom. The first-order chi connectivity index (χ1) is 41.2. The number of aromatic nitrogens is 4. The predicted molar refractivity (Wildman–Crippen MR) is 306 cm³/mol. The molecule has 3 aliphatic carbocycles. The average Bonchev–Trinajstić information content (AvgIpc) is 1.55. The maximum atomic E-state index is 15.1. The number of alkyl halides is 4. The van der Waals surface area contributed by atoms with Crippen molar-refractivity contribution in [1.29, 1.82) is 0 Å². The Morgan fingerprint density at radius 2 is 1.30 bits per heavy atom. The third-order valence-electron chi connectivity index (χ3n) is 15.3. The number of amides is 3. The molecule has 5 N–H and O–H groups in total. The zero-order valence-corrected chi connectivity index (χ0v) is 47.0. The quantitative estimate of drug-likeness (QED) is 0.0452. The van der Waals surface area contributed by atoms with Crippen LogP contribution in [0.3, 0.4) is 0 Å². The van der Waals surface area contributed by atoms with Gasteiger partial charge in [-0.25, -0.2) is 26.3 Å². The van der Waals surface area contributed by atoms with E-state index in [-0.39, 0.29) is 48.8 Å². The zero-order valence-electron chi connectivity index (χ0n) is 47.0. The van der Waals surface area contributed by atoms with Gasteiger partial charge >= 0.3 is 0 Å². The molecule has 3 aliphatic rings. The molecule has 2 fully saturated rings. The molecule has 86 heavy (non-hydrogen) atoms. The first kappa shape index (κ1) is 61.3. The highest BCUT2D eigenvalue weighted by Gasteiger charge is 2.67. The number of hydrogen-bond donors (Lipinski definition) is 4. The van der Waals surface area contributed by atoms with Crippen LogP contribution in [0.1, 0.15) is 102 Å². The number of aryl methyl sites for hydroxylation is 1. The molecule has 8 aromatic rings. The minimum absolute atomic E-state index is 0.0421. The number of nitrogens with zero attached hydrogens (tertiary/aromatic N) is 4. The molecule has 21 heteroatoms. The summed E-state index contributed by atoms with van der Waals surface area (Å²) in [6.07, 6.45) is 1.57. The van der Waals surface area contributed by atoms with E-state index in [9.17, 15) is 40.7 Å². The lowest BCUT2D eigenvalue weighted by Crippen LogP contribution is -2.35. The standard InChI is InChI=1S/C32H28F6N4O2.C32H29F2N3O2.CH3NO/c1-16(2)44-21-7-5-18(6-8-21)22-4-3-9-39-28(22)25(12-17-10-19(33)13-20(34)11-17)40-26(43)15-42-30-27(29(41-42)31(35)36)23-14-24(23)32(30,37)38;1-20-7-5-8-22(13-20)25-9-6-12-36-30(25)29(16-21-14-23(33)17-24(34)15-21)37-31(39)27-18-32(27,19-38)26-10-3-4-11-28(26)35-2;2-1-3/h3-11,13,16,23-25,31H,12,14-15H2,1-2H3,(H,40,43);3-15,17,19,27,29,35H,16,18H2,1-2H3,(H,37,39);1H,(H2,2,3). The Morgan fingerprint density at radius 1 is 0.733 bits per heavy atom. The number of primary amides is 1. The van der Waals surface area contributed by atoms with Crippen LogP contribution in [-0.4, -0.2) is 57.4 Å². The number of anilines is 1. The first-order valence-corrected chi connectivity index (χ1v) is 27.6. The fraction of sp³-hybridized carbons (Fsp3) is 0.277. The summed E-state index contributed by atoms with van der Waals surface area (Å²) in [6, 6.07) is 34.3. The number of para-hydroxylation sites is 1. The van der Waals surface area contributed by atoms with Crippen molar-refractivity contribution >= 4 is 30.2 Å². The van der Waals surface area contributed by atoms with Crippen LogP contribution in [0.15, 0.2) is 146 Å². The number of fused-ring (bicyclic) bond motifs is 3. The number of pyridine rings is 2. The zero-order chi connectivity index (χ0) is 61.6. The number of benzene rings is 5. The lowest BCUT2D eigenvalue weighted by atomic mass is 9.92. The fourth-order valence-electron chi connectivity index (χ4n) is 11.5. The molecule has 0 spiro atoms. The van der Waals surface area contributed by atoms with Gasteiger partial charge in [0.05, 0.1) is 40.9 Å². The van der Waals surface area contributed by atoms with Gasteiger partial charge in [-0.2, -0.15) is 13.9 Å². The molecule has 3 aromatic heterocycles. The van der Waals surface area contributed by atoms with Crippen LogP contribution < -0.4 is 26.4 Å². The third-order valence-corrected chi connectivity index (χ3v) is 15.3. The summed E-state index contributed by atoms with van der Waals surface area (Å²) < 4.78 is 120. The summed E-state index contributed by atoms with van der Waals surface area (Å²) in [5, 5.41) is 12.6. The molecule has 2 saturated carbocycles. The molecule has 5 aromatic carbocycles. The van der Waals surface area contributed by atoms with E-state index in [1.54, 1.807) is 49.6 Å². The van der Waals surface area contributed by atoms with Gasteiger partial charge in [-0.05, 0) is 135 Å². The summed E-state index contributed by atoms with van der Waals surface area (Å²) in [6.45, 7) is 5.02. The van der Waals surface area contributed by atoms with E-state index >= 15 is 8.78 Å². The molecular formula is C65H60F8N8O5. The van der Waals surface area contributed by atoms with Crippen LogP contribution in [0.4, 0.5) is 40.8 Å². The number of rotatable bonds is 19. The van der Waals surface area contributed by atoms with Crippen molar-refractivity contribution in [3.8, 4) is 28.0 Å². The number of hydrogen-bond acceptors (Lipinski definition) is 9. The Hall–Kier alpha value is -9.27. The van der Waals surface area contributed by atoms with Crippen molar-refractivity contribution in [2.75, 3.05) is 12.4 Å². The molecule has 0 bridgehead atoms. The van der Waals surface area contributed by atoms with Crippen molar-refractivity contribution < 1.29 is 59.0 Å². The van der Waals surface area contributed by atoms with Gasteiger partial charge in [0.1, 0.15) is 53.2 Å². The number of nitrogens with one attached hydrogen (secondary N) is 3. The largest absolute Gasteiger partial charge is 0.491 e. The van der Waals surface area contributed by atoms with Crippen LogP contribution in [-0.2, 0) is 49.9 Å². The van der Waals surface area contributed by atoms with E-state index in [0.717, 1.165) is 52.4 Å². The minimum Gasteiger partial charge on any atom is -0.491 e. The Kier molecular flexibility index (Phi) is 18.5.